The van der Waals surface area contributed by atoms with Crippen molar-refractivity contribution in [2.45, 2.75) is 65.0 Å². The SMILES string of the molecule is COc1ccc(Cn2c(C(C)(C)Cc3ccc4cc(C(C)(C)C)n(Cc5cccc(OC)c5)c4n3)cc3cccnc32)cc1. The molecule has 226 valence electrons. The fraction of sp³-hybridized carbons (Fsp3) is 0.316. The van der Waals surface area contributed by atoms with E-state index < -0.39 is 0 Å². The Morgan fingerprint density at radius 1 is 0.636 bits per heavy atom. The molecule has 0 unspecified atom stereocenters. The van der Waals surface area contributed by atoms with Crippen molar-refractivity contribution in [2.24, 2.45) is 0 Å². The van der Waals surface area contributed by atoms with Crippen molar-refractivity contribution in [3.63, 3.8) is 0 Å². The highest BCUT2D eigenvalue weighted by Gasteiger charge is 2.28. The lowest BCUT2D eigenvalue weighted by atomic mass is 9.83. The molecule has 4 aromatic heterocycles. The second-order valence-electron chi connectivity index (χ2n) is 13.4. The van der Waals surface area contributed by atoms with Crippen LogP contribution in [-0.2, 0) is 30.3 Å². The summed E-state index contributed by atoms with van der Waals surface area (Å²) in [4.78, 5) is 10.1. The molecule has 0 aliphatic heterocycles. The molecule has 0 atom stereocenters. The van der Waals surface area contributed by atoms with Crippen LogP contribution in [0.3, 0.4) is 0 Å². The van der Waals surface area contributed by atoms with Crippen LogP contribution in [-0.4, -0.2) is 33.3 Å². The van der Waals surface area contributed by atoms with Crippen LogP contribution in [0.4, 0.5) is 0 Å². The normalized spacial score (nSPS) is 12.2. The maximum Gasteiger partial charge on any atom is 0.140 e. The number of aromatic nitrogens is 4. The van der Waals surface area contributed by atoms with Crippen LogP contribution >= 0.6 is 0 Å². The number of rotatable bonds is 9. The van der Waals surface area contributed by atoms with Crippen LogP contribution in [0, 0.1) is 0 Å². The third-order valence-corrected chi connectivity index (χ3v) is 8.52. The van der Waals surface area contributed by atoms with Gasteiger partial charge < -0.3 is 18.6 Å². The molecule has 6 aromatic rings. The van der Waals surface area contributed by atoms with Gasteiger partial charge in [0, 0.05) is 64.4 Å². The van der Waals surface area contributed by atoms with Gasteiger partial charge in [-0.1, -0.05) is 58.9 Å². The van der Waals surface area contributed by atoms with E-state index in [-0.39, 0.29) is 10.8 Å². The first-order valence-electron chi connectivity index (χ1n) is 15.3. The van der Waals surface area contributed by atoms with Crippen LogP contribution in [0.2, 0.25) is 0 Å². The van der Waals surface area contributed by atoms with E-state index in [0.717, 1.165) is 58.8 Å². The highest BCUT2D eigenvalue weighted by molar-refractivity contribution is 5.79. The van der Waals surface area contributed by atoms with Crippen molar-refractivity contribution in [3.8, 4) is 11.5 Å². The Balaban J connectivity index is 1.39. The van der Waals surface area contributed by atoms with Crippen molar-refractivity contribution >= 4 is 22.1 Å². The molecule has 0 N–H and O–H groups in total. The van der Waals surface area contributed by atoms with E-state index in [1.807, 2.05) is 30.5 Å². The van der Waals surface area contributed by atoms with E-state index in [9.17, 15) is 0 Å². The van der Waals surface area contributed by atoms with E-state index in [4.69, 9.17) is 19.4 Å². The number of hydrogen-bond acceptors (Lipinski definition) is 4. The molecule has 0 aliphatic rings. The van der Waals surface area contributed by atoms with Gasteiger partial charge in [-0.05, 0) is 71.8 Å². The van der Waals surface area contributed by atoms with Crippen molar-refractivity contribution in [1.29, 1.82) is 0 Å². The van der Waals surface area contributed by atoms with Crippen LogP contribution < -0.4 is 9.47 Å². The van der Waals surface area contributed by atoms with Gasteiger partial charge in [0.25, 0.3) is 0 Å². The Bertz CT molecular complexity index is 1920. The minimum absolute atomic E-state index is 0.0333. The standard InChI is InChI=1S/C38H42N4O2/c1-37(2,3)33-21-29-15-16-30(40-36(29)41(33)25-27-10-8-12-32(20-27)44-7)23-38(4,5)34-22-28-11-9-19-39-35(28)42(34)24-26-13-17-31(43-6)18-14-26/h8-22H,23-25H2,1-7H3. The molecular formula is C38H42N4O2. The number of hydrogen-bond donors (Lipinski definition) is 0. The van der Waals surface area contributed by atoms with Gasteiger partial charge in [0.1, 0.15) is 22.8 Å². The summed E-state index contributed by atoms with van der Waals surface area (Å²) in [6.07, 6.45) is 2.67. The molecule has 0 radical (unpaired) electrons. The lowest BCUT2D eigenvalue weighted by molar-refractivity contribution is 0.414. The van der Waals surface area contributed by atoms with Crippen LogP contribution in [0.5, 0.6) is 11.5 Å². The molecule has 0 bridgehead atoms. The molecule has 6 rings (SSSR count). The molecule has 6 nitrogen and oxygen atoms in total. The Labute approximate surface area is 260 Å². The number of methoxy groups -OCH3 is 2. The smallest absolute Gasteiger partial charge is 0.140 e. The van der Waals surface area contributed by atoms with E-state index >= 15 is 0 Å². The number of pyridine rings is 2. The first-order chi connectivity index (χ1) is 21.1. The van der Waals surface area contributed by atoms with E-state index in [1.54, 1.807) is 14.2 Å². The maximum atomic E-state index is 5.52. The van der Waals surface area contributed by atoms with E-state index in [2.05, 4.69) is 104 Å². The fourth-order valence-corrected chi connectivity index (χ4v) is 6.26. The van der Waals surface area contributed by atoms with Crippen molar-refractivity contribution < 1.29 is 9.47 Å². The van der Waals surface area contributed by atoms with Gasteiger partial charge >= 0.3 is 0 Å². The number of fused-ring (bicyclic) bond motifs is 2. The summed E-state index contributed by atoms with van der Waals surface area (Å²) in [6, 6.07) is 29.8. The van der Waals surface area contributed by atoms with Crippen LogP contribution in [0.25, 0.3) is 22.1 Å². The van der Waals surface area contributed by atoms with Crippen molar-refractivity contribution in [3.05, 3.63) is 119 Å². The average Bonchev–Trinajstić information content (AvgIpc) is 3.56. The van der Waals surface area contributed by atoms with Gasteiger partial charge in [0.05, 0.1) is 14.2 Å². The molecule has 0 aliphatic carbocycles. The molecule has 2 aromatic carbocycles. The van der Waals surface area contributed by atoms with Gasteiger partial charge in [-0.2, -0.15) is 0 Å². The van der Waals surface area contributed by atoms with Gasteiger partial charge in [0.15, 0.2) is 0 Å². The van der Waals surface area contributed by atoms with Crippen LogP contribution in [0.1, 0.15) is 62.8 Å². The fourth-order valence-electron chi connectivity index (χ4n) is 6.26. The molecule has 0 saturated heterocycles. The minimum atomic E-state index is -0.203. The summed E-state index contributed by atoms with van der Waals surface area (Å²) < 4.78 is 15.6. The summed E-state index contributed by atoms with van der Waals surface area (Å²) in [5.74, 6) is 1.73. The van der Waals surface area contributed by atoms with Gasteiger partial charge in [-0.3, -0.25) is 0 Å². The number of benzene rings is 2. The average molecular weight is 587 g/mol. The Kier molecular flexibility index (Phi) is 7.70. The first-order valence-corrected chi connectivity index (χ1v) is 15.3. The summed E-state index contributed by atoms with van der Waals surface area (Å²) in [7, 11) is 3.41. The van der Waals surface area contributed by atoms with E-state index in [0.29, 0.717) is 0 Å². The second kappa shape index (κ2) is 11.5. The maximum absolute atomic E-state index is 5.52. The van der Waals surface area contributed by atoms with E-state index in [1.165, 1.54) is 22.5 Å². The lowest BCUT2D eigenvalue weighted by Crippen LogP contribution is -2.25. The summed E-state index contributed by atoms with van der Waals surface area (Å²) in [6.45, 7) is 12.9. The first kappa shape index (κ1) is 29.5. The largest absolute Gasteiger partial charge is 0.497 e. The molecule has 0 amide bonds. The summed E-state index contributed by atoms with van der Waals surface area (Å²) in [5, 5.41) is 2.31. The van der Waals surface area contributed by atoms with Gasteiger partial charge in [-0.25, -0.2) is 9.97 Å². The second-order valence-corrected chi connectivity index (χ2v) is 13.4. The zero-order chi connectivity index (χ0) is 31.1. The third-order valence-electron chi connectivity index (χ3n) is 8.52. The monoisotopic (exact) mass is 586 g/mol. The Morgan fingerprint density at radius 3 is 2.05 bits per heavy atom. The highest BCUT2D eigenvalue weighted by atomic mass is 16.5. The topological polar surface area (TPSA) is 54.1 Å². The quantitative estimate of drug-likeness (QED) is 0.171. The zero-order valence-electron chi connectivity index (χ0n) is 26.9. The van der Waals surface area contributed by atoms with Crippen molar-refractivity contribution in [2.75, 3.05) is 14.2 Å². The molecule has 0 saturated carbocycles. The number of nitrogens with zero attached hydrogens (tertiary/aromatic N) is 4. The molecule has 4 heterocycles. The minimum Gasteiger partial charge on any atom is -0.497 e. The Hall–Kier alpha value is -4.58. The summed E-state index contributed by atoms with van der Waals surface area (Å²) in [5.41, 5.74) is 7.76. The molecule has 44 heavy (non-hydrogen) atoms. The van der Waals surface area contributed by atoms with Gasteiger partial charge in [-0.15, -0.1) is 0 Å². The van der Waals surface area contributed by atoms with Crippen molar-refractivity contribution in [1.82, 2.24) is 19.1 Å². The predicted molar refractivity (Wildman–Crippen MR) is 179 cm³/mol. The molecule has 0 fully saturated rings. The number of ether oxygens (including phenoxy) is 2. The Morgan fingerprint density at radius 2 is 1.32 bits per heavy atom. The zero-order valence-corrected chi connectivity index (χ0v) is 26.9. The molecule has 0 spiro atoms. The molecular weight excluding hydrogens is 544 g/mol. The van der Waals surface area contributed by atoms with Crippen LogP contribution in [0.15, 0.2) is 91.1 Å². The molecule has 6 heteroatoms. The summed E-state index contributed by atoms with van der Waals surface area (Å²) >= 11 is 0. The highest BCUT2D eigenvalue weighted by Crippen LogP contribution is 2.35. The third kappa shape index (κ3) is 5.81. The lowest BCUT2D eigenvalue weighted by Gasteiger charge is -2.27. The predicted octanol–water partition coefficient (Wildman–Crippen LogP) is 8.32. The van der Waals surface area contributed by atoms with Gasteiger partial charge in [0.2, 0.25) is 0 Å².